The topological polar surface area (TPSA) is 86.7 Å². The molecule has 6 nitrogen and oxygen atoms in total. The Balaban J connectivity index is 6.17. The van der Waals surface area contributed by atoms with Gasteiger partial charge in [-0.05, 0) is 0 Å². The second kappa shape index (κ2) is 4.75. The van der Waals surface area contributed by atoms with Crippen LogP contribution in [0.5, 0.6) is 0 Å². The van der Waals surface area contributed by atoms with E-state index in [4.69, 9.17) is 0 Å². The standard InChI is InChI=1S/C5H6F6O6S2/c1-16-18(12,13)4(8,9)3(6,7)5(10,11)19(14,15)17-2/h1-2H3. The Bertz CT molecular complexity index is 488. The van der Waals surface area contributed by atoms with Crippen molar-refractivity contribution in [2.45, 2.75) is 16.4 Å². The maximum atomic E-state index is 12.9. The molecule has 0 aliphatic heterocycles. The molecule has 14 heteroatoms. The van der Waals surface area contributed by atoms with Crippen LogP contribution in [0.1, 0.15) is 0 Å². The molecule has 0 aliphatic rings. The van der Waals surface area contributed by atoms with Crippen LogP contribution in [0.4, 0.5) is 26.3 Å². The van der Waals surface area contributed by atoms with Crippen molar-refractivity contribution in [1.29, 1.82) is 0 Å². The van der Waals surface area contributed by atoms with E-state index in [-0.39, 0.29) is 14.2 Å². The molecule has 0 saturated carbocycles. The second-order valence-corrected chi connectivity index (χ2v) is 6.36. The van der Waals surface area contributed by atoms with E-state index in [1.807, 2.05) is 0 Å². The highest BCUT2D eigenvalue weighted by Crippen LogP contribution is 2.51. The normalized spacial score (nSPS) is 15.6. The molecule has 0 amide bonds. The van der Waals surface area contributed by atoms with Gasteiger partial charge in [-0.25, -0.2) is 0 Å². The van der Waals surface area contributed by atoms with Crippen molar-refractivity contribution in [3.63, 3.8) is 0 Å². The molecule has 0 fully saturated rings. The lowest BCUT2D eigenvalue weighted by Crippen LogP contribution is -2.60. The molecule has 0 aromatic carbocycles. The van der Waals surface area contributed by atoms with Gasteiger partial charge in [-0.2, -0.15) is 43.2 Å². The molecule has 0 N–H and O–H groups in total. The van der Waals surface area contributed by atoms with Crippen LogP contribution in [0.3, 0.4) is 0 Å². The third kappa shape index (κ3) is 2.41. The summed E-state index contributed by atoms with van der Waals surface area (Å²) in [7, 11) is -13.0. The highest BCUT2D eigenvalue weighted by atomic mass is 32.2. The van der Waals surface area contributed by atoms with Gasteiger partial charge in [-0.1, -0.05) is 0 Å². The minimum Gasteiger partial charge on any atom is -0.269 e. The van der Waals surface area contributed by atoms with Gasteiger partial charge in [-0.15, -0.1) is 0 Å². The fourth-order valence-electron chi connectivity index (χ4n) is 0.693. The first-order chi connectivity index (χ1) is 8.12. The van der Waals surface area contributed by atoms with E-state index in [0.29, 0.717) is 0 Å². The predicted molar refractivity (Wildman–Crippen MR) is 46.7 cm³/mol. The summed E-state index contributed by atoms with van der Waals surface area (Å²) in [5, 5.41) is -13.0. The van der Waals surface area contributed by atoms with E-state index in [9.17, 15) is 43.2 Å². The molecule has 0 saturated heterocycles. The molecule has 0 aromatic rings. The van der Waals surface area contributed by atoms with E-state index < -0.39 is 36.7 Å². The Labute approximate surface area is 103 Å². The number of hydrogen-bond donors (Lipinski definition) is 0. The maximum Gasteiger partial charge on any atom is 0.439 e. The van der Waals surface area contributed by atoms with E-state index in [0.717, 1.165) is 0 Å². The van der Waals surface area contributed by atoms with Gasteiger partial charge in [0.15, 0.2) is 0 Å². The number of rotatable bonds is 6. The quantitative estimate of drug-likeness (QED) is 0.524. The molecule has 0 radical (unpaired) electrons. The van der Waals surface area contributed by atoms with Crippen molar-refractivity contribution in [3.8, 4) is 0 Å². The van der Waals surface area contributed by atoms with Crippen molar-refractivity contribution in [2.75, 3.05) is 14.2 Å². The van der Waals surface area contributed by atoms with Gasteiger partial charge in [0, 0.05) is 0 Å². The summed E-state index contributed by atoms with van der Waals surface area (Å²) in [6, 6.07) is 0. The predicted octanol–water partition coefficient (Wildman–Crippen LogP) is 0.760. The maximum absolute atomic E-state index is 12.9. The Hall–Kier alpha value is -0.600. The summed E-state index contributed by atoms with van der Waals surface area (Å²) in [5.41, 5.74) is 0. The third-order valence-electron chi connectivity index (χ3n) is 1.80. The Morgan fingerprint density at radius 2 is 0.895 bits per heavy atom. The molecule has 0 heterocycles. The van der Waals surface area contributed by atoms with Crippen LogP contribution >= 0.6 is 0 Å². The smallest absolute Gasteiger partial charge is 0.269 e. The molecule has 0 bridgehead atoms. The van der Waals surface area contributed by atoms with Gasteiger partial charge < -0.3 is 0 Å². The van der Waals surface area contributed by atoms with Gasteiger partial charge in [0.1, 0.15) is 0 Å². The van der Waals surface area contributed by atoms with Crippen molar-refractivity contribution >= 4 is 20.2 Å². The number of halogens is 6. The lowest BCUT2D eigenvalue weighted by molar-refractivity contribution is -0.248. The molecular weight excluding hydrogens is 334 g/mol. The first kappa shape index (κ1) is 18.4. The molecule has 0 atom stereocenters. The van der Waals surface area contributed by atoms with Crippen LogP contribution in [0.15, 0.2) is 0 Å². The van der Waals surface area contributed by atoms with Crippen molar-refractivity contribution in [1.82, 2.24) is 0 Å². The van der Waals surface area contributed by atoms with Crippen molar-refractivity contribution in [2.24, 2.45) is 0 Å². The van der Waals surface area contributed by atoms with Crippen molar-refractivity contribution < 1.29 is 51.5 Å². The summed E-state index contributed by atoms with van der Waals surface area (Å²) in [6.45, 7) is 0. The Morgan fingerprint density at radius 3 is 1.05 bits per heavy atom. The lowest BCUT2D eigenvalue weighted by atomic mass is 10.3. The van der Waals surface area contributed by atoms with E-state index in [1.165, 1.54) is 0 Å². The molecule has 0 aromatic heterocycles. The van der Waals surface area contributed by atoms with Crippen molar-refractivity contribution in [3.05, 3.63) is 0 Å². The van der Waals surface area contributed by atoms with Crippen LogP contribution in [0.2, 0.25) is 0 Å². The zero-order valence-electron chi connectivity index (χ0n) is 9.03. The lowest BCUT2D eigenvalue weighted by Gasteiger charge is -2.29. The number of alkyl halides is 6. The summed E-state index contributed by atoms with van der Waals surface area (Å²) in [4.78, 5) is 0. The average Bonchev–Trinajstić information content (AvgIpc) is 2.27. The van der Waals surface area contributed by atoms with Gasteiger partial charge in [-0.3, -0.25) is 8.37 Å². The average molecular weight is 340 g/mol. The molecular formula is C5H6F6O6S2. The van der Waals surface area contributed by atoms with E-state index in [1.54, 1.807) is 0 Å². The molecule has 0 unspecified atom stereocenters. The second-order valence-electron chi connectivity index (χ2n) is 2.85. The zero-order chi connectivity index (χ0) is 15.9. The fourth-order valence-corrected chi connectivity index (χ4v) is 2.06. The summed E-state index contributed by atoms with van der Waals surface area (Å²) in [6.07, 6.45) is 0. The van der Waals surface area contributed by atoms with Crippen LogP contribution in [-0.2, 0) is 28.6 Å². The summed E-state index contributed by atoms with van der Waals surface area (Å²) >= 11 is 0. The van der Waals surface area contributed by atoms with Crippen LogP contribution in [0, 0.1) is 0 Å². The SMILES string of the molecule is COS(=O)(=O)C(F)(F)C(F)(F)C(F)(F)S(=O)(=O)OC. The highest BCUT2D eigenvalue weighted by Gasteiger charge is 2.82. The highest BCUT2D eigenvalue weighted by molar-refractivity contribution is 7.89. The van der Waals surface area contributed by atoms with Gasteiger partial charge in [0.2, 0.25) is 0 Å². The van der Waals surface area contributed by atoms with Gasteiger partial charge >= 0.3 is 36.7 Å². The van der Waals surface area contributed by atoms with Crippen LogP contribution < -0.4 is 0 Å². The first-order valence-electron chi connectivity index (χ1n) is 3.86. The van der Waals surface area contributed by atoms with E-state index >= 15 is 0 Å². The number of hydrogen-bond acceptors (Lipinski definition) is 6. The Morgan fingerprint density at radius 1 is 0.684 bits per heavy atom. The minimum atomic E-state index is -6.83. The summed E-state index contributed by atoms with van der Waals surface area (Å²) < 4.78 is 125. The van der Waals surface area contributed by atoms with Gasteiger partial charge in [0.25, 0.3) is 0 Å². The largest absolute Gasteiger partial charge is 0.439 e. The molecule has 116 valence electrons. The monoisotopic (exact) mass is 340 g/mol. The Kier molecular flexibility index (Phi) is 4.60. The van der Waals surface area contributed by atoms with E-state index in [2.05, 4.69) is 8.37 Å². The van der Waals surface area contributed by atoms with Crippen LogP contribution in [0.25, 0.3) is 0 Å². The molecule has 0 rings (SSSR count). The molecule has 19 heavy (non-hydrogen) atoms. The first-order valence-corrected chi connectivity index (χ1v) is 6.68. The fraction of sp³-hybridized carbons (Fsp3) is 1.00. The third-order valence-corrected chi connectivity index (χ3v) is 4.44. The zero-order valence-corrected chi connectivity index (χ0v) is 10.7. The molecule has 0 spiro atoms. The summed E-state index contributed by atoms with van der Waals surface area (Å²) in [5.74, 6) is -6.83. The molecule has 0 aliphatic carbocycles. The van der Waals surface area contributed by atoms with Crippen LogP contribution in [-0.4, -0.2) is 47.5 Å². The minimum absolute atomic E-state index is 0.00227. The van der Waals surface area contributed by atoms with Gasteiger partial charge in [0.05, 0.1) is 14.2 Å².